The fourth-order valence-corrected chi connectivity index (χ4v) is 2.97. The van der Waals surface area contributed by atoms with E-state index in [-0.39, 0.29) is 6.04 Å². The van der Waals surface area contributed by atoms with E-state index in [1.165, 1.54) is 12.3 Å². The Labute approximate surface area is 99.1 Å². The van der Waals surface area contributed by atoms with Crippen molar-refractivity contribution in [1.82, 2.24) is 9.71 Å². The first-order chi connectivity index (χ1) is 8.09. The molecule has 7 heteroatoms. The SMILES string of the molecule is O=S(=O)(NC1CCOCC1)c1ncccc1F. The zero-order valence-electron chi connectivity index (χ0n) is 9.10. The van der Waals surface area contributed by atoms with Crippen LogP contribution in [0.5, 0.6) is 0 Å². The summed E-state index contributed by atoms with van der Waals surface area (Å²) < 4.78 is 44.6. The minimum atomic E-state index is -3.88. The molecule has 1 N–H and O–H groups in total. The summed E-state index contributed by atoms with van der Waals surface area (Å²) in [6.07, 6.45) is 2.43. The van der Waals surface area contributed by atoms with Gasteiger partial charge in [0.1, 0.15) is 0 Å². The molecule has 0 bridgehead atoms. The van der Waals surface area contributed by atoms with Gasteiger partial charge in [0.15, 0.2) is 5.82 Å². The molecule has 1 aromatic heterocycles. The highest BCUT2D eigenvalue weighted by atomic mass is 32.2. The quantitative estimate of drug-likeness (QED) is 0.867. The van der Waals surface area contributed by atoms with Crippen molar-refractivity contribution < 1.29 is 17.5 Å². The molecule has 1 aliphatic heterocycles. The van der Waals surface area contributed by atoms with Crippen molar-refractivity contribution in [2.24, 2.45) is 0 Å². The van der Waals surface area contributed by atoms with Gasteiger partial charge in [0.25, 0.3) is 10.0 Å². The number of aromatic nitrogens is 1. The van der Waals surface area contributed by atoms with Gasteiger partial charge >= 0.3 is 0 Å². The second-order valence-electron chi connectivity index (χ2n) is 3.80. The van der Waals surface area contributed by atoms with Gasteiger partial charge in [-0.05, 0) is 25.0 Å². The summed E-state index contributed by atoms with van der Waals surface area (Å²) >= 11 is 0. The lowest BCUT2D eigenvalue weighted by Gasteiger charge is -2.22. The van der Waals surface area contributed by atoms with E-state index in [1.807, 2.05) is 0 Å². The normalized spacial score (nSPS) is 18.2. The summed E-state index contributed by atoms with van der Waals surface area (Å²) in [6, 6.07) is 2.21. The topological polar surface area (TPSA) is 68.3 Å². The fourth-order valence-electron chi connectivity index (χ4n) is 1.66. The van der Waals surface area contributed by atoms with E-state index in [0.29, 0.717) is 26.1 Å². The second-order valence-corrected chi connectivity index (χ2v) is 5.43. The van der Waals surface area contributed by atoms with Crippen LogP contribution in [0.25, 0.3) is 0 Å². The monoisotopic (exact) mass is 260 g/mol. The summed E-state index contributed by atoms with van der Waals surface area (Å²) in [6.45, 7) is 1.02. The molecule has 17 heavy (non-hydrogen) atoms. The number of rotatable bonds is 3. The first-order valence-corrected chi connectivity index (χ1v) is 6.78. The van der Waals surface area contributed by atoms with Crippen LogP contribution in [-0.2, 0) is 14.8 Å². The number of nitrogens with one attached hydrogen (secondary N) is 1. The lowest BCUT2D eigenvalue weighted by atomic mass is 10.1. The van der Waals surface area contributed by atoms with Gasteiger partial charge in [-0.1, -0.05) is 0 Å². The smallest absolute Gasteiger partial charge is 0.261 e. The van der Waals surface area contributed by atoms with Gasteiger partial charge in [0, 0.05) is 25.5 Å². The molecule has 0 aromatic carbocycles. The maximum atomic E-state index is 13.3. The molecular weight excluding hydrogens is 247 g/mol. The Morgan fingerprint density at radius 2 is 2.12 bits per heavy atom. The number of halogens is 1. The Balaban J connectivity index is 2.16. The molecular formula is C10H13FN2O3S. The van der Waals surface area contributed by atoms with Gasteiger partial charge in [0.05, 0.1) is 0 Å². The van der Waals surface area contributed by atoms with Gasteiger partial charge in [-0.25, -0.2) is 22.5 Å². The summed E-state index contributed by atoms with van der Waals surface area (Å²) in [7, 11) is -3.88. The highest BCUT2D eigenvalue weighted by molar-refractivity contribution is 7.89. The third kappa shape index (κ3) is 2.99. The first kappa shape index (κ1) is 12.4. The Morgan fingerprint density at radius 3 is 2.76 bits per heavy atom. The summed E-state index contributed by atoms with van der Waals surface area (Å²) in [5, 5.41) is -0.550. The van der Waals surface area contributed by atoms with Gasteiger partial charge in [0.2, 0.25) is 5.03 Å². The van der Waals surface area contributed by atoms with E-state index < -0.39 is 20.9 Å². The zero-order valence-corrected chi connectivity index (χ0v) is 9.91. The summed E-state index contributed by atoms with van der Waals surface area (Å²) in [5.74, 6) is -0.841. The predicted molar refractivity (Wildman–Crippen MR) is 58.4 cm³/mol. The molecule has 1 aliphatic rings. The van der Waals surface area contributed by atoms with Crippen molar-refractivity contribution in [2.45, 2.75) is 23.9 Å². The third-order valence-corrected chi connectivity index (χ3v) is 3.98. The van der Waals surface area contributed by atoms with Crippen LogP contribution in [0.4, 0.5) is 4.39 Å². The van der Waals surface area contributed by atoms with Crippen LogP contribution in [0.1, 0.15) is 12.8 Å². The second kappa shape index (κ2) is 5.07. The van der Waals surface area contributed by atoms with E-state index in [0.717, 1.165) is 6.07 Å². The van der Waals surface area contributed by atoms with Crippen LogP contribution in [0.2, 0.25) is 0 Å². The number of pyridine rings is 1. The van der Waals surface area contributed by atoms with Crippen LogP contribution >= 0.6 is 0 Å². The molecule has 0 radical (unpaired) electrons. The Hall–Kier alpha value is -1.05. The maximum absolute atomic E-state index is 13.3. The first-order valence-electron chi connectivity index (χ1n) is 5.30. The van der Waals surface area contributed by atoms with Gasteiger partial charge in [-0.15, -0.1) is 0 Å². The average Bonchev–Trinajstić information content (AvgIpc) is 2.30. The number of hydrogen-bond acceptors (Lipinski definition) is 4. The largest absolute Gasteiger partial charge is 0.381 e. The third-order valence-electron chi connectivity index (χ3n) is 2.52. The molecule has 1 saturated heterocycles. The molecule has 0 amide bonds. The summed E-state index contributed by atoms with van der Waals surface area (Å²) in [5.41, 5.74) is 0. The highest BCUT2D eigenvalue weighted by Crippen LogP contribution is 2.13. The Kier molecular flexibility index (Phi) is 3.70. The van der Waals surface area contributed by atoms with Crippen molar-refractivity contribution in [2.75, 3.05) is 13.2 Å². The van der Waals surface area contributed by atoms with Crippen molar-refractivity contribution >= 4 is 10.0 Å². The van der Waals surface area contributed by atoms with Crippen molar-refractivity contribution in [3.8, 4) is 0 Å². The molecule has 0 spiro atoms. The van der Waals surface area contributed by atoms with E-state index in [4.69, 9.17) is 4.74 Å². The zero-order chi connectivity index (χ0) is 12.3. The van der Waals surface area contributed by atoms with Gasteiger partial charge in [-0.2, -0.15) is 0 Å². The maximum Gasteiger partial charge on any atom is 0.261 e. The molecule has 94 valence electrons. The van der Waals surface area contributed by atoms with E-state index >= 15 is 0 Å². The Morgan fingerprint density at radius 1 is 1.41 bits per heavy atom. The van der Waals surface area contributed by atoms with Crippen molar-refractivity contribution in [3.63, 3.8) is 0 Å². The molecule has 0 aliphatic carbocycles. The van der Waals surface area contributed by atoms with Crippen molar-refractivity contribution in [1.29, 1.82) is 0 Å². The number of ether oxygens (including phenoxy) is 1. The van der Waals surface area contributed by atoms with Crippen LogP contribution in [-0.4, -0.2) is 32.7 Å². The molecule has 0 unspecified atom stereocenters. The lowest BCUT2D eigenvalue weighted by molar-refractivity contribution is 0.0832. The molecule has 5 nitrogen and oxygen atoms in total. The average molecular weight is 260 g/mol. The van der Waals surface area contributed by atoms with Gasteiger partial charge in [-0.3, -0.25) is 0 Å². The summed E-state index contributed by atoms with van der Waals surface area (Å²) in [4.78, 5) is 3.56. The number of hydrogen-bond donors (Lipinski definition) is 1. The number of nitrogens with zero attached hydrogens (tertiary/aromatic N) is 1. The lowest BCUT2D eigenvalue weighted by Crippen LogP contribution is -2.39. The molecule has 0 atom stereocenters. The fraction of sp³-hybridized carbons (Fsp3) is 0.500. The minimum absolute atomic E-state index is 0.213. The van der Waals surface area contributed by atoms with Crippen molar-refractivity contribution in [3.05, 3.63) is 24.1 Å². The highest BCUT2D eigenvalue weighted by Gasteiger charge is 2.25. The van der Waals surface area contributed by atoms with E-state index in [1.54, 1.807) is 0 Å². The molecule has 1 aromatic rings. The van der Waals surface area contributed by atoms with E-state index in [9.17, 15) is 12.8 Å². The number of sulfonamides is 1. The van der Waals surface area contributed by atoms with Crippen LogP contribution in [0, 0.1) is 5.82 Å². The van der Waals surface area contributed by atoms with Crippen LogP contribution in [0.15, 0.2) is 23.4 Å². The molecule has 2 rings (SSSR count). The van der Waals surface area contributed by atoms with Crippen LogP contribution in [0.3, 0.4) is 0 Å². The molecule has 2 heterocycles. The van der Waals surface area contributed by atoms with Gasteiger partial charge < -0.3 is 4.74 Å². The molecule has 0 saturated carbocycles. The Bertz CT molecular complexity index is 486. The standard InChI is InChI=1S/C10H13FN2O3S/c11-9-2-1-5-12-10(9)17(14,15)13-8-3-6-16-7-4-8/h1-2,5,8,13H,3-4,6-7H2. The molecule has 1 fully saturated rings. The predicted octanol–water partition coefficient (Wildman–Crippen LogP) is 0.678. The van der Waals surface area contributed by atoms with E-state index in [2.05, 4.69) is 9.71 Å². The minimum Gasteiger partial charge on any atom is -0.381 e. The van der Waals surface area contributed by atoms with Crippen LogP contribution < -0.4 is 4.72 Å².